The van der Waals surface area contributed by atoms with E-state index in [1.165, 1.54) is 0 Å². The van der Waals surface area contributed by atoms with Crippen LogP contribution < -0.4 is 10.6 Å². The lowest BCUT2D eigenvalue weighted by molar-refractivity contribution is -0.146. The molecular weight excluding hydrogens is 272 g/mol. The van der Waals surface area contributed by atoms with E-state index in [0.29, 0.717) is 30.1 Å². The molecular formula is C14H22N4O3. The van der Waals surface area contributed by atoms with Crippen molar-refractivity contribution in [2.45, 2.75) is 45.1 Å². The lowest BCUT2D eigenvalue weighted by Gasteiger charge is -2.36. The Bertz CT molecular complexity index is 544. The molecule has 1 aliphatic carbocycles. The first kappa shape index (κ1) is 15.3. The van der Waals surface area contributed by atoms with Crippen molar-refractivity contribution in [3.63, 3.8) is 0 Å². The summed E-state index contributed by atoms with van der Waals surface area (Å²) in [5.41, 5.74) is 0.112. The topological polar surface area (TPSA) is 96.3 Å². The maximum Gasteiger partial charge on any atom is 0.329 e. The molecule has 1 heterocycles. The fourth-order valence-corrected chi connectivity index (χ4v) is 2.74. The Balaban J connectivity index is 2.05. The molecule has 1 fully saturated rings. The molecule has 1 saturated carbocycles. The third kappa shape index (κ3) is 3.34. The van der Waals surface area contributed by atoms with Crippen LogP contribution in [-0.4, -0.2) is 32.4 Å². The van der Waals surface area contributed by atoms with Crippen LogP contribution in [0.1, 0.15) is 38.3 Å². The number of aliphatic carboxylic acids is 1. The largest absolute Gasteiger partial charge is 0.480 e. The second kappa shape index (κ2) is 5.75. The summed E-state index contributed by atoms with van der Waals surface area (Å²) >= 11 is 0. The zero-order valence-electron chi connectivity index (χ0n) is 12.6. The molecule has 3 N–H and O–H groups in total. The van der Waals surface area contributed by atoms with Gasteiger partial charge in [-0.15, -0.1) is 0 Å². The van der Waals surface area contributed by atoms with Crippen molar-refractivity contribution >= 4 is 17.7 Å². The van der Waals surface area contributed by atoms with Crippen LogP contribution in [0.25, 0.3) is 0 Å². The Labute approximate surface area is 123 Å². The third-order valence-corrected chi connectivity index (χ3v) is 4.15. The number of anilines is 1. The van der Waals surface area contributed by atoms with E-state index in [4.69, 9.17) is 0 Å². The maximum absolute atomic E-state index is 12.1. The van der Waals surface area contributed by atoms with Crippen molar-refractivity contribution in [1.29, 1.82) is 0 Å². The summed E-state index contributed by atoms with van der Waals surface area (Å²) in [5.74, 6) is -0.463. The Morgan fingerprint density at radius 2 is 2.05 bits per heavy atom. The van der Waals surface area contributed by atoms with Crippen molar-refractivity contribution in [2.24, 2.45) is 13.0 Å². The van der Waals surface area contributed by atoms with Crippen LogP contribution >= 0.6 is 0 Å². The first-order chi connectivity index (χ1) is 9.82. The van der Waals surface area contributed by atoms with Gasteiger partial charge in [0, 0.05) is 13.2 Å². The van der Waals surface area contributed by atoms with Crippen molar-refractivity contribution < 1.29 is 14.7 Å². The average molecular weight is 294 g/mol. The number of rotatable bonds is 3. The van der Waals surface area contributed by atoms with Gasteiger partial charge in [0.2, 0.25) is 0 Å². The number of amides is 2. The molecule has 0 bridgehead atoms. The predicted molar refractivity (Wildman–Crippen MR) is 78.1 cm³/mol. The number of hydrogen-bond acceptors (Lipinski definition) is 3. The van der Waals surface area contributed by atoms with Gasteiger partial charge >= 0.3 is 12.0 Å². The van der Waals surface area contributed by atoms with Gasteiger partial charge < -0.3 is 15.7 Å². The second-order valence-electron chi connectivity index (χ2n) is 5.95. The smallest absolute Gasteiger partial charge is 0.329 e. The number of carboxylic acids is 1. The van der Waals surface area contributed by atoms with Gasteiger partial charge in [0.15, 0.2) is 0 Å². The summed E-state index contributed by atoms with van der Waals surface area (Å²) in [6.07, 6.45) is 4.22. The minimum absolute atomic E-state index is 0.461. The van der Waals surface area contributed by atoms with Crippen LogP contribution in [0.15, 0.2) is 6.20 Å². The van der Waals surface area contributed by atoms with Gasteiger partial charge in [-0.25, -0.2) is 9.59 Å². The number of carbonyl (C=O) groups excluding carboxylic acids is 1. The van der Waals surface area contributed by atoms with Crippen LogP contribution in [-0.2, 0) is 11.8 Å². The Morgan fingerprint density at radius 1 is 1.43 bits per heavy atom. The molecule has 2 amide bonds. The molecule has 0 aromatic carbocycles. The summed E-state index contributed by atoms with van der Waals surface area (Å²) in [6.45, 7) is 3.88. The fourth-order valence-electron chi connectivity index (χ4n) is 2.74. The van der Waals surface area contributed by atoms with E-state index in [1.54, 1.807) is 24.9 Å². The average Bonchev–Trinajstić information content (AvgIpc) is 2.70. The molecule has 21 heavy (non-hydrogen) atoms. The molecule has 0 aliphatic heterocycles. The number of aromatic nitrogens is 2. The first-order valence-electron chi connectivity index (χ1n) is 7.15. The van der Waals surface area contributed by atoms with Crippen molar-refractivity contribution in [3.05, 3.63) is 11.9 Å². The molecule has 0 radical (unpaired) electrons. The molecule has 7 heteroatoms. The van der Waals surface area contributed by atoms with E-state index in [9.17, 15) is 14.7 Å². The third-order valence-electron chi connectivity index (χ3n) is 4.15. The van der Waals surface area contributed by atoms with E-state index in [0.717, 1.165) is 12.8 Å². The van der Waals surface area contributed by atoms with Crippen LogP contribution in [0.2, 0.25) is 0 Å². The summed E-state index contributed by atoms with van der Waals surface area (Å²) in [6, 6.07) is -0.497. The van der Waals surface area contributed by atoms with Gasteiger partial charge in [-0.1, -0.05) is 6.92 Å². The Kier molecular flexibility index (Phi) is 4.20. The number of aryl methyl sites for hydroxylation is 2. The van der Waals surface area contributed by atoms with Gasteiger partial charge in [-0.2, -0.15) is 5.10 Å². The quantitative estimate of drug-likeness (QED) is 0.793. The molecule has 1 aromatic rings. The lowest BCUT2D eigenvalue weighted by Crippen LogP contribution is -2.57. The van der Waals surface area contributed by atoms with Gasteiger partial charge in [0.25, 0.3) is 0 Å². The molecule has 0 unspecified atom stereocenters. The van der Waals surface area contributed by atoms with E-state index in [-0.39, 0.29) is 0 Å². The number of urea groups is 1. The number of nitrogens with zero attached hydrogens (tertiary/aromatic N) is 2. The van der Waals surface area contributed by atoms with Crippen LogP contribution in [0.4, 0.5) is 10.5 Å². The van der Waals surface area contributed by atoms with E-state index < -0.39 is 17.5 Å². The first-order valence-corrected chi connectivity index (χ1v) is 7.15. The maximum atomic E-state index is 12.1. The van der Waals surface area contributed by atoms with Gasteiger partial charge in [-0.05, 0) is 38.5 Å². The highest BCUT2D eigenvalue weighted by Gasteiger charge is 2.42. The van der Waals surface area contributed by atoms with Crippen LogP contribution in [0.5, 0.6) is 0 Å². The summed E-state index contributed by atoms with van der Waals surface area (Å²) < 4.78 is 1.60. The van der Waals surface area contributed by atoms with E-state index in [1.807, 2.05) is 0 Å². The minimum Gasteiger partial charge on any atom is -0.480 e. The van der Waals surface area contributed by atoms with Gasteiger partial charge in [0.05, 0.1) is 11.4 Å². The SMILES string of the molecule is Cc1nn(C)cc1NC(=O)NC1(C(=O)O)CCC(C)CC1. The van der Waals surface area contributed by atoms with Gasteiger partial charge in [-0.3, -0.25) is 4.68 Å². The molecule has 0 spiro atoms. The van der Waals surface area contributed by atoms with Crippen molar-refractivity contribution in [1.82, 2.24) is 15.1 Å². The highest BCUT2D eigenvalue weighted by Crippen LogP contribution is 2.32. The monoisotopic (exact) mass is 294 g/mol. The normalized spacial score (nSPS) is 25.4. The lowest BCUT2D eigenvalue weighted by atomic mass is 9.77. The standard InChI is InChI=1S/C14H22N4O3/c1-9-4-6-14(7-5-9,12(19)20)16-13(21)15-11-8-18(3)17-10(11)2/h8-9H,4-7H2,1-3H3,(H,19,20)(H2,15,16,21). The van der Waals surface area contributed by atoms with Crippen molar-refractivity contribution in [3.8, 4) is 0 Å². The van der Waals surface area contributed by atoms with E-state index in [2.05, 4.69) is 22.7 Å². The zero-order valence-corrected chi connectivity index (χ0v) is 12.6. The Hall–Kier alpha value is -2.05. The van der Waals surface area contributed by atoms with Crippen molar-refractivity contribution in [2.75, 3.05) is 5.32 Å². The van der Waals surface area contributed by atoms with Gasteiger partial charge in [0.1, 0.15) is 5.54 Å². The Morgan fingerprint density at radius 3 is 2.52 bits per heavy atom. The molecule has 2 rings (SSSR count). The van der Waals surface area contributed by atoms with E-state index >= 15 is 0 Å². The number of carbonyl (C=O) groups is 2. The summed E-state index contributed by atoms with van der Waals surface area (Å²) in [7, 11) is 1.76. The second-order valence-corrected chi connectivity index (χ2v) is 5.95. The minimum atomic E-state index is -1.16. The molecule has 1 aliphatic rings. The molecule has 116 valence electrons. The molecule has 0 atom stereocenters. The molecule has 1 aromatic heterocycles. The summed E-state index contributed by atoms with van der Waals surface area (Å²) in [4.78, 5) is 23.7. The molecule has 7 nitrogen and oxygen atoms in total. The number of carboxylic acid groups (broad SMARTS) is 1. The fraction of sp³-hybridized carbons (Fsp3) is 0.643. The molecule has 0 saturated heterocycles. The predicted octanol–water partition coefficient (Wildman–Crippen LogP) is 1.88. The highest BCUT2D eigenvalue weighted by molar-refractivity contribution is 5.94. The zero-order chi connectivity index (χ0) is 15.6. The van der Waals surface area contributed by atoms with Crippen LogP contribution in [0, 0.1) is 12.8 Å². The number of hydrogen-bond donors (Lipinski definition) is 3. The number of nitrogens with one attached hydrogen (secondary N) is 2. The highest BCUT2D eigenvalue weighted by atomic mass is 16.4. The summed E-state index contributed by atoms with van der Waals surface area (Å²) in [5, 5.41) is 18.9. The van der Waals surface area contributed by atoms with Crippen LogP contribution in [0.3, 0.4) is 0 Å².